The molecule has 0 fully saturated rings. The lowest BCUT2D eigenvalue weighted by atomic mass is 10.1. The lowest BCUT2D eigenvalue weighted by Gasteiger charge is -2.12. The standard InChI is InChI=1S/C17H17N3O4S/c1-25-14-8-4-12(5-9-14)19-20-17(24)18-15(16(22)23)10-11-2-6-13(21)7-3-11/h2-9,15,21H,10H2,1H3,(H,18,24)(H,22,23)/b20-19+/t15-/m0/s1. The van der Waals surface area contributed by atoms with Crippen molar-refractivity contribution in [1.82, 2.24) is 5.32 Å². The van der Waals surface area contributed by atoms with Gasteiger partial charge in [-0.25, -0.2) is 9.59 Å². The number of benzene rings is 2. The molecular formula is C17H17N3O4S. The topological polar surface area (TPSA) is 111 Å². The van der Waals surface area contributed by atoms with E-state index in [4.69, 9.17) is 0 Å². The number of amides is 2. The predicted octanol–water partition coefficient (Wildman–Crippen LogP) is 3.60. The second-order valence-corrected chi connectivity index (χ2v) is 5.99. The molecule has 0 saturated carbocycles. The summed E-state index contributed by atoms with van der Waals surface area (Å²) < 4.78 is 0. The van der Waals surface area contributed by atoms with E-state index in [1.54, 1.807) is 36.0 Å². The van der Waals surface area contributed by atoms with Crippen LogP contribution in [0.5, 0.6) is 5.75 Å². The van der Waals surface area contributed by atoms with Crippen molar-refractivity contribution in [1.29, 1.82) is 0 Å². The van der Waals surface area contributed by atoms with Crippen molar-refractivity contribution in [2.24, 2.45) is 10.2 Å². The van der Waals surface area contributed by atoms with Crippen LogP contribution in [-0.4, -0.2) is 34.5 Å². The minimum Gasteiger partial charge on any atom is -0.508 e. The summed E-state index contributed by atoms with van der Waals surface area (Å²) in [6.07, 6.45) is 2.02. The first-order valence-corrected chi connectivity index (χ1v) is 8.57. The molecule has 0 saturated heterocycles. The van der Waals surface area contributed by atoms with Crippen LogP contribution in [0.3, 0.4) is 0 Å². The highest BCUT2D eigenvalue weighted by Crippen LogP contribution is 2.19. The number of aromatic hydroxyl groups is 1. The Morgan fingerprint density at radius 2 is 1.76 bits per heavy atom. The average molecular weight is 359 g/mol. The summed E-state index contributed by atoms with van der Waals surface area (Å²) in [6, 6.07) is 11.2. The number of rotatable bonds is 6. The van der Waals surface area contributed by atoms with E-state index in [0.29, 0.717) is 11.3 Å². The molecule has 2 amide bonds. The molecule has 3 N–H and O–H groups in total. The number of carboxylic acids is 1. The number of phenolic OH excluding ortho intramolecular Hbond substituents is 1. The number of azo groups is 1. The van der Waals surface area contributed by atoms with Gasteiger partial charge in [-0.05, 0) is 48.2 Å². The molecule has 0 aliphatic carbocycles. The summed E-state index contributed by atoms with van der Waals surface area (Å²) in [5.41, 5.74) is 1.16. The van der Waals surface area contributed by atoms with Gasteiger partial charge < -0.3 is 15.5 Å². The Morgan fingerprint density at radius 3 is 2.32 bits per heavy atom. The number of thioether (sulfide) groups is 1. The quantitative estimate of drug-likeness (QED) is 0.539. The van der Waals surface area contributed by atoms with Gasteiger partial charge in [0.2, 0.25) is 0 Å². The highest BCUT2D eigenvalue weighted by Gasteiger charge is 2.20. The number of hydrogen-bond acceptors (Lipinski definition) is 5. The first kappa shape index (κ1) is 18.5. The Balaban J connectivity index is 1.98. The zero-order valence-corrected chi connectivity index (χ0v) is 14.2. The molecule has 2 aromatic rings. The van der Waals surface area contributed by atoms with Crippen molar-refractivity contribution in [3.05, 3.63) is 54.1 Å². The Morgan fingerprint density at radius 1 is 1.12 bits per heavy atom. The monoisotopic (exact) mass is 359 g/mol. The summed E-state index contributed by atoms with van der Waals surface area (Å²) >= 11 is 1.58. The van der Waals surface area contributed by atoms with Gasteiger partial charge in [-0.1, -0.05) is 17.2 Å². The molecule has 0 unspecified atom stereocenters. The lowest BCUT2D eigenvalue weighted by molar-refractivity contribution is -0.139. The number of carboxylic acid groups (broad SMARTS) is 1. The van der Waals surface area contributed by atoms with E-state index in [1.807, 2.05) is 18.4 Å². The molecule has 1 atom stereocenters. The molecule has 130 valence electrons. The maximum Gasteiger partial charge on any atom is 0.360 e. The number of nitrogens with one attached hydrogen (secondary N) is 1. The van der Waals surface area contributed by atoms with Crippen LogP contribution in [0.2, 0.25) is 0 Å². The third-order valence-corrected chi connectivity index (χ3v) is 4.04. The van der Waals surface area contributed by atoms with Gasteiger partial charge in [-0.2, -0.15) is 0 Å². The highest BCUT2D eigenvalue weighted by atomic mass is 32.2. The van der Waals surface area contributed by atoms with Crippen LogP contribution in [0.15, 0.2) is 63.7 Å². The minimum absolute atomic E-state index is 0.0687. The molecule has 2 rings (SSSR count). The fraction of sp³-hybridized carbons (Fsp3) is 0.176. The van der Waals surface area contributed by atoms with Crippen LogP contribution in [-0.2, 0) is 11.2 Å². The molecule has 0 spiro atoms. The fourth-order valence-corrected chi connectivity index (χ4v) is 2.41. The Bertz CT molecular complexity index is 760. The van der Waals surface area contributed by atoms with E-state index in [-0.39, 0.29) is 12.2 Å². The summed E-state index contributed by atoms with van der Waals surface area (Å²) in [5.74, 6) is -1.10. The lowest BCUT2D eigenvalue weighted by Crippen LogP contribution is -2.40. The molecule has 0 aliphatic heterocycles. The minimum atomic E-state index is -1.18. The Labute approximate surface area is 148 Å². The van der Waals surface area contributed by atoms with Gasteiger partial charge >= 0.3 is 12.0 Å². The van der Waals surface area contributed by atoms with Gasteiger partial charge in [0.1, 0.15) is 11.8 Å². The van der Waals surface area contributed by atoms with Crippen molar-refractivity contribution in [2.75, 3.05) is 6.26 Å². The van der Waals surface area contributed by atoms with Gasteiger partial charge in [-0.15, -0.1) is 16.9 Å². The SMILES string of the molecule is CSc1ccc(/N=N/C(=O)N[C@@H](Cc2ccc(O)cc2)C(=O)O)cc1. The summed E-state index contributed by atoms with van der Waals surface area (Å²) in [6.45, 7) is 0. The number of carbonyl (C=O) groups excluding carboxylic acids is 1. The van der Waals surface area contributed by atoms with E-state index in [1.165, 1.54) is 12.1 Å². The molecule has 25 heavy (non-hydrogen) atoms. The molecule has 0 heterocycles. The maximum atomic E-state index is 11.8. The van der Waals surface area contributed by atoms with Gasteiger partial charge in [0.25, 0.3) is 0 Å². The third kappa shape index (κ3) is 5.92. The van der Waals surface area contributed by atoms with Crippen molar-refractivity contribution < 1.29 is 19.8 Å². The van der Waals surface area contributed by atoms with Gasteiger partial charge in [0.05, 0.1) is 5.69 Å². The van der Waals surface area contributed by atoms with Crippen molar-refractivity contribution in [2.45, 2.75) is 17.4 Å². The smallest absolute Gasteiger partial charge is 0.360 e. The van der Waals surface area contributed by atoms with Crippen LogP contribution in [0, 0.1) is 0 Å². The van der Waals surface area contributed by atoms with Crippen LogP contribution in [0.4, 0.5) is 10.5 Å². The molecule has 0 radical (unpaired) electrons. The number of carbonyl (C=O) groups is 2. The van der Waals surface area contributed by atoms with Crippen LogP contribution >= 0.6 is 11.8 Å². The number of hydrogen-bond donors (Lipinski definition) is 3. The van der Waals surface area contributed by atoms with E-state index < -0.39 is 18.0 Å². The number of urea groups is 1. The van der Waals surface area contributed by atoms with Gasteiger partial charge in [0, 0.05) is 11.3 Å². The summed E-state index contributed by atoms with van der Waals surface area (Å²) in [4.78, 5) is 24.2. The maximum absolute atomic E-state index is 11.8. The molecule has 0 aromatic heterocycles. The normalized spacial score (nSPS) is 12.0. The van der Waals surface area contributed by atoms with Gasteiger partial charge in [-0.3, -0.25) is 0 Å². The third-order valence-electron chi connectivity index (χ3n) is 3.30. The van der Waals surface area contributed by atoms with Crippen LogP contribution < -0.4 is 5.32 Å². The Hall–Kier alpha value is -2.87. The molecule has 7 nitrogen and oxygen atoms in total. The summed E-state index contributed by atoms with van der Waals surface area (Å²) in [7, 11) is 0. The number of phenols is 1. The van der Waals surface area contributed by atoms with Crippen LogP contribution in [0.25, 0.3) is 0 Å². The summed E-state index contributed by atoms with van der Waals surface area (Å²) in [5, 5.41) is 28.1. The zero-order valence-electron chi connectivity index (χ0n) is 13.4. The number of aliphatic carboxylic acids is 1. The predicted molar refractivity (Wildman–Crippen MR) is 94.5 cm³/mol. The average Bonchev–Trinajstić information content (AvgIpc) is 2.61. The van der Waals surface area contributed by atoms with E-state index in [9.17, 15) is 19.8 Å². The molecule has 2 aromatic carbocycles. The van der Waals surface area contributed by atoms with Gasteiger partial charge in [0.15, 0.2) is 0 Å². The second-order valence-electron chi connectivity index (χ2n) is 5.11. The molecule has 0 bridgehead atoms. The highest BCUT2D eigenvalue weighted by molar-refractivity contribution is 7.98. The van der Waals surface area contributed by atoms with Crippen LogP contribution in [0.1, 0.15) is 5.56 Å². The first-order chi connectivity index (χ1) is 12.0. The molecular weight excluding hydrogens is 342 g/mol. The van der Waals surface area contributed by atoms with Crippen molar-refractivity contribution in [3.8, 4) is 5.75 Å². The van der Waals surface area contributed by atoms with E-state index >= 15 is 0 Å². The Kier molecular flexibility index (Phi) is 6.53. The van der Waals surface area contributed by atoms with E-state index in [2.05, 4.69) is 15.5 Å². The molecule has 0 aliphatic rings. The second kappa shape index (κ2) is 8.84. The van der Waals surface area contributed by atoms with Crippen molar-refractivity contribution in [3.63, 3.8) is 0 Å². The van der Waals surface area contributed by atoms with E-state index in [0.717, 1.165) is 4.90 Å². The first-order valence-electron chi connectivity index (χ1n) is 7.35. The fourth-order valence-electron chi connectivity index (χ4n) is 2.00. The molecule has 8 heteroatoms. The largest absolute Gasteiger partial charge is 0.508 e. The van der Waals surface area contributed by atoms with Crippen molar-refractivity contribution >= 4 is 29.4 Å². The zero-order chi connectivity index (χ0) is 18.2. The number of nitrogens with zero attached hydrogens (tertiary/aromatic N) is 2.